The van der Waals surface area contributed by atoms with E-state index in [1.807, 2.05) is 24.0 Å². The molecule has 0 bridgehead atoms. The van der Waals surface area contributed by atoms with Crippen LogP contribution < -0.4 is 5.32 Å². The lowest BCUT2D eigenvalue weighted by atomic mass is 10.1. The largest absolute Gasteiger partial charge is 0.369 e. The Kier molecular flexibility index (Phi) is 4.08. The molecule has 0 aliphatic carbocycles. The molecule has 1 N–H and O–H groups in total. The zero-order valence-electron chi connectivity index (χ0n) is 14.1. The molecule has 2 atom stereocenters. The molecule has 0 saturated carbocycles. The first kappa shape index (κ1) is 15.4. The molecule has 4 rings (SSSR count). The van der Waals surface area contributed by atoms with E-state index in [0.717, 1.165) is 37.6 Å². The van der Waals surface area contributed by atoms with Crippen LogP contribution in [0.2, 0.25) is 0 Å². The van der Waals surface area contributed by atoms with E-state index in [9.17, 15) is 0 Å². The standard InChI is InChI=1S/C18H23N5O/c1-3-23-16-7-5-4-6-13(16)15(21-23)12-20-14-8-11-24-17(14)18-19-9-10-22(18)2/h4-7,9-10,14,17,20H,3,8,11-12H2,1-2H3/t14-,17-/m1/s1. The molecule has 3 heterocycles. The summed E-state index contributed by atoms with van der Waals surface area (Å²) < 4.78 is 10.0. The second-order valence-corrected chi connectivity index (χ2v) is 6.24. The Morgan fingerprint density at radius 3 is 3.00 bits per heavy atom. The average Bonchev–Trinajstić information content (AvgIpc) is 3.31. The molecule has 1 saturated heterocycles. The third kappa shape index (κ3) is 2.61. The maximum Gasteiger partial charge on any atom is 0.139 e. The molecule has 0 amide bonds. The number of aryl methyl sites for hydroxylation is 2. The Balaban J connectivity index is 1.54. The van der Waals surface area contributed by atoms with Crippen molar-refractivity contribution in [1.82, 2.24) is 24.6 Å². The van der Waals surface area contributed by atoms with Crippen LogP contribution in [0.5, 0.6) is 0 Å². The Morgan fingerprint density at radius 1 is 1.33 bits per heavy atom. The molecule has 1 aliphatic rings. The molecule has 3 aromatic rings. The van der Waals surface area contributed by atoms with Gasteiger partial charge in [-0.15, -0.1) is 0 Å². The second-order valence-electron chi connectivity index (χ2n) is 6.24. The molecule has 1 aliphatic heterocycles. The highest BCUT2D eigenvalue weighted by Crippen LogP contribution is 2.28. The van der Waals surface area contributed by atoms with Crippen molar-refractivity contribution < 1.29 is 4.74 Å². The van der Waals surface area contributed by atoms with Crippen molar-refractivity contribution in [2.45, 2.75) is 38.6 Å². The van der Waals surface area contributed by atoms with E-state index in [1.54, 1.807) is 0 Å². The maximum atomic E-state index is 5.92. The smallest absolute Gasteiger partial charge is 0.139 e. The number of hydrogen-bond donors (Lipinski definition) is 1. The molecule has 0 radical (unpaired) electrons. The summed E-state index contributed by atoms with van der Waals surface area (Å²) in [5.41, 5.74) is 2.29. The van der Waals surface area contributed by atoms with Gasteiger partial charge in [0.05, 0.1) is 11.2 Å². The Hall–Kier alpha value is -2.18. The normalized spacial score (nSPS) is 20.9. The van der Waals surface area contributed by atoms with Gasteiger partial charge in [0.1, 0.15) is 11.9 Å². The highest BCUT2D eigenvalue weighted by atomic mass is 16.5. The number of rotatable bonds is 5. The monoisotopic (exact) mass is 325 g/mol. The number of para-hydroxylation sites is 1. The number of benzene rings is 1. The summed E-state index contributed by atoms with van der Waals surface area (Å²) in [6.07, 6.45) is 4.78. The minimum Gasteiger partial charge on any atom is -0.369 e. The second kappa shape index (κ2) is 6.37. The summed E-state index contributed by atoms with van der Waals surface area (Å²) in [4.78, 5) is 4.45. The Morgan fingerprint density at radius 2 is 2.21 bits per heavy atom. The topological polar surface area (TPSA) is 56.9 Å². The number of ether oxygens (including phenoxy) is 1. The van der Waals surface area contributed by atoms with Gasteiger partial charge in [-0.05, 0) is 19.4 Å². The van der Waals surface area contributed by atoms with Crippen LogP contribution in [-0.4, -0.2) is 32.0 Å². The summed E-state index contributed by atoms with van der Waals surface area (Å²) in [5, 5.41) is 9.63. The number of nitrogens with zero attached hydrogens (tertiary/aromatic N) is 4. The zero-order valence-corrected chi connectivity index (χ0v) is 14.1. The van der Waals surface area contributed by atoms with Gasteiger partial charge in [0, 0.05) is 50.6 Å². The fourth-order valence-electron chi connectivity index (χ4n) is 3.50. The molecule has 1 fully saturated rings. The van der Waals surface area contributed by atoms with Crippen molar-refractivity contribution in [3.05, 3.63) is 48.2 Å². The number of aromatic nitrogens is 4. The van der Waals surface area contributed by atoms with E-state index in [-0.39, 0.29) is 12.1 Å². The summed E-state index contributed by atoms with van der Waals surface area (Å²) in [6.45, 7) is 4.50. The first-order valence-corrected chi connectivity index (χ1v) is 8.54. The Bertz CT molecular complexity index is 837. The van der Waals surface area contributed by atoms with Crippen molar-refractivity contribution in [2.24, 2.45) is 7.05 Å². The fourth-order valence-corrected chi connectivity index (χ4v) is 3.50. The number of hydrogen-bond acceptors (Lipinski definition) is 4. The summed E-state index contributed by atoms with van der Waals surface area (Å²) >= 11 is 0. The van der Waals surface area contributed by atoms with Crippen LogP contribution in [0.3, 0.4) is 0 Å². The predicted molar refractivity (Wildman–Crippen MR) is 92.6 cm³/mol. The van der Waals surface area contributed by atoms with Gasteiger partial charge in [-0.1, -0.05) is 18.2 Å². The summed E-state index contributed by atoms with van der Waals surface area (Å²) in [5.74, 6) is 0.981. The first-order chi connectivity index (χ1) is 11.8. The third-order valence-electron chi connectivity index (χ3n) is 4.77. The van der Waals surface area contributed by atoms with Gasteiger partial charge >= 0.3 is 0 Å². The molecular weight excluding hydrogens is 302 g/mol. The van der Waals surface area contributed by atoms with E-state index in [4.69, 9.17) is 9.84 Å². The first-order valence-electron chi connectivity index (χ1n) is 8.54. The van der Waals surface area contributed by atoms with Crippen molar-refractivity contribution in [3.63, 3.8) is 0 Å². The van der Waals surface area contributed by atoms with Gasteiger partial charge in [-0.2, -0.15) is 5.10 Å². The molecule has 6 heteroatoms. The highest BCUT2D eigenvalue weighted by molar-refractivity contribution is 5.81. The van der Waals surface area contributed by atoms with Gasteiger partial charge in [-0.3, -0.25) is 4.68 Å². The van der Waals surface area contributed by atoms with Crippen LogP contribution >= 0.6 is 0 Å². The van der Waals surface area contributed by atoms with Crippen LogP contribution in [0.4, 0.5) is 0 Å². The van der Waals surface area contributed by atoms with E-state index < -0.39 is 0 Å². The molecule has 1 aromatic carbocycles. The zero-order chi connectivity index (χ0) is 16.5. The van der Waals surface area contributed by atoms with Crippen LogP contribution in [0.15, 0.2) is 36.7 Å². The number of imidazole rings is 1. The summed E-state index contributed by atoms with van der Waals surface area (Å²) in [6, 6.07) is 8.67. The SMILES string of the molecule is CCn1nc(CN[C@@H]2CCO[C@H]2c2nccn2C)c2ccccc21. The van der Waals surface area contributed by atoms with Gasteiger partial charge in [-0.25, -0.2) is 4.98 Å². The number of nitrogens with one attached hydrogen (secondary N) is 1. The van der Waals surface area contributed by atoms with E-state index in [0.29, 0.717) is 0 Å². The predicted octanol–water partition coefficient (Wildman–Crippen LogP) is 2.41. The van der Waals surface area contributed by atoms with Crippen LogP contribution in [0.25, 0.3) is 10.9 Å². The van der Waals surface area contributed by atoms with Gasteiger partial charge in [0.25, 0.3) is 0 Å². The van der Waals surface area contributed by atoms with E-state index in [1.165, 1.54) is 10.9 Å². The molecule has 0 unspecified atom stereocenters. The van der Waals surface area contributed by atoms with Crippen molar-refractivity contribution in [1.29, 1.82) is 0 Å². The molecule has 0 spiro atoms. The van der Waals surface area contributed by atoms with Gasteiger partial charge in [0.2, 0.25) is 0 Å². The van der Waals surface area contributed by atoms with Crippen molar-refractivity contribution >= 4 is 10.9 Å². The lowest BCUT2D eigenvalue weighted by Crippen LogP contribution is -2.32. The molecule has 2 aromatic heterocycles. The van der Waals surface area contributed by atoms with Crippen molar-refractivity contribution in [2.75, 3.05) is 6.61 Å². The third-order valence-corrected chi connectivity index (χ3v) is 4.77. The quantitative estimate of drug-likeness (QED) is 0.783. The lowest BCUT2D eigenvalue weighted by molar-refractivity contribution is 0.0892. The molecular formula is C18H23N5O. The minimum atomic E-state index is 0.00419. The van der Waals surface area contributed by atoms with E-state index in [2.05, 4.69) is 46.2 Å². The fraction of sp³-hybridized carbons (Fsp3) is 0.444. The summed E-state index contributed by atoms with van der Waals surface area (Å²) in [7, 11) is 2.01. The Labute approximate surface area is 141 Å². The molecule has 24 heavy (non-hydrogen) atoms. The van der Waals surface area contributed by atoms with Crippen LogP contribution in [0, 0.1) is 0 Å². The lowest BCUT2D eigenvalue weighted by Gasteiger charge is -2.19. The van der Waals surface area contributed by atoms with Crippen molar-refractivity contribution in [3.8, 4) is 0 Å². The van der Waals surface area contributed by atoms with Gasteiger partial charge in [0.15, 0.2) is 0 Å². The average molecular weight is 325 g/mol. The van der Waals surface area contributed by atoms with Crippen LogP contribution in [0.1, 0.15) is 31.0 Å². The van der Waals surface area contributed by atoms with E-state index >= 15 is 0 Å². The highest BCUT2D eigenvalue weighted by Gasteiger charge is 2.32. The minimum absolute atomic E-state index is 0.00419. The maximum absolute atomic E-state index is 5.92. The molecule has 126 valence electrons. The molecule has 6 nitrogen and oxygen atoms in total. The van der Waals surface area contributed by atoms with Crippen LogP contribution in [-0.2, 0) is 24.9 Å². The number of fused-ring (bicyclic) bond motifs is 1. The van der Waals surface area contributed by atoms with Gasteiger partial charge < -0.3 is 14.6 Å².